The van der Waals surface area contributed by atoms with Gasteiger partial charge in [0.1, 0.15) is 0 Å². The highest BCUT2D eigenvalue weighted by Gasteiger charge is 2.49. The molecule has 246 valence electrons. The van der Waals surface area contributed by atoms with Gasteiger partial charge in [-0.05, 0) is 66.8 Å². The summed E-state index contributed by atoms with van der Waals surface area (Å²) in [5.74, 6) is 0. The lowest BCUT2D eigenvalue weighted by atomic mass is 10.1. The molecule has 2 rings (SSSR count). The van der Waals surface area contributed by atoms with E-state index in [0.29, 0.717) is 0 Å². The molecule has 0 atom stereocenters. The van der Waals surface area contributed by atoms with Gasteiger partial charge in [-0.1, -0.05) is 190 Å². The Morgan fingerprint density at radius 3 is 1.18 bits per heavy atom. The summed E-state index contributed by atoms with van der Waals surface area (Å²) >= 11 is 0. The number of hydrogen-bond acceptors (Lipinski definition) is 1. The molecule has 0 radical (unpaired) electrons. The summed E-state index contributed by atoms with van der Waals surface area (Å²) in [6.45, 7) is 10.2. The molecule has 2 heteroatoms. The van der Waals surface area contributed by atoms with Crippen molar-refractivity contribution in [1.82, 2.24) is 0 Å². The van der Waals surface area contributed by atoms with Gasteiger partial charge in [-0.25, -0.2) is 0 Å². The molecular formula is C42H68OSi. The molecule has 0 bridgehead atoms. The van der Waals surface area contributed by atoms with E-state index in [1.807, 2.05) is 0 Å². The molecule has 1 nitrogen and oxygen atoms in total. The molecule has 0 N–H and O–H groups in total. The quantitative estimate of drug-likeness (QED) is 0.0580. The average Bonchev–Trinajstić information content (AvgIpc) is 3.03. The van der Waals surface area contributed by atoms with Crippen LogP contribution < -0.4 is 10.4 Å². The summed E-state index contributed by atoms with van der Waals surface area (Å²) in [6.07, 6.45) is 36.5. The van der Waals surface area contributed by atoms with Gasteiger partial charge in [0.2, 0.25) is 0 Å². The molecule has 0 heterocycles. The SMILES string of the molecule is CC/C=C/CCCCCCCCC/C=C/CCCCCCCCCCCO[Si](c1ccccc1)(c1ccccc1)C(C)(C)C. The molecule has 0 aliphatic carbocycles. The minimum atomic E-state index is -2.38. The molecule has 2 aromatic rings. The van der Waals surface area contributed by atoms with Crippen molar-refractivity contribution in [3.05, 3.63) is 85.0 Å². The van der Waals surface area contributed by atoms with Crippen LogP contribution in [0.2, 0.25) is 5.04 Å². The molecule has 0 saturated carbocycles. The summed E-state index contributed by atoms with van der Waals surface area (Å²) in [7, 11) is -2.38. The fourth-order valence-corrected chi connectivity index (χ4v) is 11.1. The fourth-order valence-electron chi connectivity index (χ4n) is 6.52. The van der Waals surface area contributed by atoms with Crippen LogP contribution in [0.4, 0.5) is 0 Å². The Morgan fingerprint density at radius 2 is 0.818 bits per heavy atom. The van der Waals surface area contributed by atoms with Crippen molar-refractivity contribution in [3.63, 3.8) is 0 Å². The maximum absolute atomic E-state index is 7.05. The maximum Gasteiger partial charge on any atom is 0.261 e. The molecule has 0 saturated heterocycles. The van der Waals surface area contributed by atoms with E-state index in [1.54, 1.807) is 0 Å². The van der Waals surface area contributed by atoms with E-state index in [9.17, 15) is 0 Å². The average molecular weight is 617 g/mol. The molecule has 0 aliphatic heterocycles. The summed E-state index contributed by atoms with van der Waals surface area (Å²) in [5.41, 5.74) is 0. The molecular weight excluding hydrogens is 549 g/mol. The number of rotatable bonds is 26. The van der Waals surface area contributed by atoms with E-state index in [-0.39, 0.29) is 5.04 Å². The predicted molar refractivity (Wildman–Crippen MR) is 200 cm³/mol. The molecule has 44 heavy (non-hydrogen) atoms. The van der Waals surface area contributed by atoms with Gasteiger partial charge in [0.15, 0.2) is 0 Å². The van der Waals surface area contributed by atoms with Gasteiger partial charge in [0.05, 0.1) is 0 Å². The van der Waals surface area contributed by atoms with Gasteiger partial charge in [-0.15, -0.1) is 0 Å². The van der Waals surface area contributed by atoms with Crippen molar-refractivity contribution in [2.24, 2.45) is 0 Å². The second-order valence-electron chi connectivity index (χ2n) is 13.9. The summed E-state index contributed by atoms with van der Waals surface area (Å²) in [4.78, 5) is 0. The number of benzene rings is 2. The lowest BCUT2D eigenvalue weighted by Crippen LogP contribution is -2.66. The van der Waals surface area contributed by atoms with Crippen LogP contribution in [-0.2, 0) is 4.43 Å². The topological polar surface area (TPSA) is 9.23 Å². The van der Waals surface area contributed by atoms with Crippen LogP contribution in [0.3, 0.4) is 0 Å². The van der Waals surface area contributed by atoms with Gasteiger partial charge in [-0.2, -0.15) is 0 Å². The Balaban J connectivity index is 1.47. The summed E-state index contributed by atoms with van der Waals surface area (Å²) in [6, 6.07) is 22.1. The van der Waals surface area contributed by atoms with Gasteiger partial charge in [0, 0.05) is 6.61 Å². The van der Waals surface area contributed by atoms with Crippen LogP contribution in [0.5, 0.6) is 0 Å². The number of hydrogen-bond donors (Lipinski definition) is 0. The third-order valence-electron chi connectivity index (χ3n) is 9.06. The normalized spacial score (nSPS) is 12.5. The highest BCUT2D eigenvalue weighted by Crippen LogP contribution is 2.36. The molecule has 0 unspecified atom stereocenters. The first kappa shape index (κ1) is 38.3. The van der Waals surface area contributed by atoms with Crippen LogP contribution in [0.1, 0.15) is 156 Å². The molecule has 2 aromatic carbocycles. The smallest absolute Gasteiger partial charge is 0.261 e. The van der Waals surface area contributed by atoms with E-state index in [4.69, 9.17) is 4.43 Å². The van der Waals surface area contributed by atoms with Crippen LogP contribution in [0.15, 0.2) is 85.0 Å². The second-order valence-corrected chi connectivity index (χ2v) is 18.2. The zero-order valence-electron chi connectivity index (χ0n) is 29.3. The lowest BCUT2D eigenvalue weighted by Gasteiger charge is -2.43. The van der Waals surface area contributed by atoms with Crippen molar-refractivity contribution in [3.8, 4) is 0 Å². The van der Waals surface area contributed by atoms with Crippen molar-refractivity contribution in [2.45, 2.75) is 161 Å². The predicted octanol–water partition coefficient (Wildman–Crippen LogP) is 12.5. The first-order chi connectivity index (χ1) is 21.5. The van der Waals surface area contributed by atoms with E-state index in [1.165, 1.54) is 132 Å². The Labute approximate surface area is 275 Å². The molecule has 0 fully saturated rings. The Kier molecular flexibility index (Phi) is 21.2. The first-order valence-corrected chi connectivity index (χ1v) is 20.5. The van der Waals surface area contributed by atoms with Crippen LogP contribution in [0, 0.1) is 0 Å². The monoisotopic (exact) mass is 617 g/mol. The molecule has 0 spiro atoms. The molecule has 0 aromatic heterocycles. The van der Waals surface area contributed by atoms with Crippen molar-refractivity contribution >= 4 is 18.7 Å². The standard InChI is InChI=1S/C42H68OSi/c1-5-6-7-8-9-10-11-12-13-14-15-16-17-18-19-20-21-22-23-24-25-26-27-34-39-43-44(42(2,3)4,40-35-30-28-31-36-40)41-37-32-29-33-38-41/h6-7,17-18,28-33,35-38H,5,8-16,19-27,34,39H2,1-4H3/b7-6+,18-17+. The number of unbranched alkanes of at least 4 members (excludes halogenated alkanes) is 17. The van der Waals surface area contributed by atoms with Gasteiger partial charge >= 0.3 is 0 Å². The Bertz CT molecular complexity index is 932. The van der Waals surface area contributed by atoms with E-state index < -0.39 is 8.32 Å². The zero-order valence-corrected chi connectivity index (χ0v) is 30.3. The second kappa shape index (κ2) is 24.3. The Morgan fingerprint density at radius 1 is 0.477 bits per heavy atom. The van der Waals surface area contributed by atoms with Crippen molar-refractivity contribution < 1.29 is 4.43 Å². The first-order valence-electron chi connectivity index (χ1n) is 18.6. The summed E-state index contributed by atoms with van der Waals surface area (Å²) < 4.78 is 7.05. The maximum atomic E-state index is 7.05. The third-order valence-corrected chi connectivity index (χ3v) is 14.1. The van der Waals surface area contributed by atoms with E-state index in [0.717, 1.165) is 13.0 Å². The molecule has 0 aliphatic rings. The number of allylic oxidation sites excluding steroid dienone is 4. The van der Waals surface area contributed by atoms with Crippen molar-refractivity contribution in [2.75, 3.05) is 6.61 Å². The minimum Gasteiger partial charge on any atom is -0.407 e. The van der Waals surface area contributed by atoms with Crippen LogP contribution >= 0.6 is 0 Å². The van der Waals surface area contributed by atoms with E-state index >= 15 is 0 Å². The molecule has 0 amide bonds. The van der Waals surface area contributed by atoms with Crippen LogP contribution in [0.25, 0.3) is 0 Å². The van der Waals surface area contributed by atoms with Gasteiger partial charge < -0.3 is 4.43 Å². The fraction of sp³-hybridized carbons (Fsp3) is 0.619. The lowest BCUT2D eigenvalue weighted by molar-refractivity contribution is 0.286. The minimum absolute atomic E-state index is 0.0660. The van der Waals surface area contributed by atoms with Crippen molar-refractivity contribution in [1.29, 1.82) is 0 Å². The van der Waals surface area contributed by atoms with Crippen LogP contribution in [-0.4, -0.2) is 14.9 Å². The zero-order chi connectivity index (χ0) is 31.6. The highest BCUT2D eigenvalue weighted by molar-refractivity contribution is 6.99. The third kappa shape index (κ3) is 15.4. The van der Waals surface area contributed by atoms with Gasteiger partial charge in [-0.3, -0.25) is 0 Å². The summed E-state index contributed by atoms with van der Waals surface area (Å²) in [5, 5.41) is 2.84. The largest absolute Gasteiger partial charge is 0.407 e. The Hall–Kier alpha value is -1.90. The van der Waals surface area contributed by atoms with E-state index in [2.05, 4.69) is 113 Å². The highest BCUT2D eigenvalue weighted by atomic mass is 28.4. The van der Waals surface area contributed by atoms with Gasteiger partial charge in [0.25, 0.3) is 8.32 Å².